The maximum atomic E-state index is 13.7. The van der Waals surface area contributed by atoms with Gasteiger partial charge < -0.3 is 14.8 Å². The summed E-state index contributed by atoms with van der Waals surface area (Å²) in [4.78, 5) is 4.03. The zero-order valence-electron chi connectivity index (χ0n) is 12.2. The topological polar surface area (TPSA) is 43.4 Å². The lowest BCUT2D eigenvalue weighted by Gasteiger charge is -2.32. The van der Waals surface area contributed by atoms with Crippen LogP contribution in [0.2, 0.25) is 0 Å². The molecular weight excluding hydrogens is 283 g/mol. The second-order valence-corrected chi connectivity index (χ2v) is 5.28. The van der Waals surface area contributed by atoms with E-state index in [1.54, 1.807) is 12.3 Å². The van der Waals surface area contributed by atoms with Crippen molar-refractivity contribution in [2.24, 2.45) is 0 Å². The van der Waals surface area contributed by atoms with E-state index in [9.17, 15) is 4.39 Å². The first-order valence-corrected chi connectivity index (χ1v) is 7.43. The fourth-order valence-corrected chi connectivity index (χ4v) is 2.50. The number of benzene rings is 1. The Morgan fingerprint density at radius 3 is 2.91 bits per heavy atom. The molecule has 1 N–H and O–H groups in total. The van der Waals surface area contributed by atoms with E-state index in [1.165, 1.54) is 6.07 Å². The van der Waals surface area contributed by atoms with E-state index in [4.69, 9.17) is 9.47 Å². The number of nitrogens with one attached hydrogen (secondary N) is 1. The van der Waals surface area contributed by atoms with E-state index in [2.05, 4.69) is 10.3 Å². The number of halogens is 1. The van der Waals surface area contributed by atoms with Crippen molar-refractivity contribution >= 4 is 5.82 Å². The predicted octanol–water partition coefficient (Wildman–Crippen LogP) is 3.01. The van der Waals surface area contributed by atoms with E-state index in [0.717, 1.165) is 12.0 Å². The minimum atomic E-state index is -0.366. The fourth-order valence-electron chi connectivity index (χ4n) is 2.50. The normalized spacial score (nSPS) is 21.5. The molecule has 3 rings (SSSR count). The van der Waals surface area contributed by atoms with Gasteiger partial charge in [-0.1, -0.05) is 30.3 Å². The first-order valence-electron chi connectivity index (χ1n) is 7.43. The summed E-state index contributed by atoms with van der Waals surface area (Å²) in [6.45, 7) is 1.67. The van der Waals surface area contributed by atoms with Crippen LogP contribution in [-0.4, -0.2) is 30.3 Å². The minimum Gasteiger partial charge on any atom is -0.379 e. The van der Waals surface area contributed by atoms with Gasteiger partial charge in [-0.25, -0.2) is 9.37 Å². The van der Waals surface area contributed by atoms with Crippen LogP contribution in [0.15, 0.2) is 48.7 Å². The SMILES string of the molecule is Fc1cccnc1N[C@@H]1COCC[C@@H]1OCc1ccccc1. The molecule has 2 atom stereocenters. The Balaban J connectivity index is 1.62. The lowest BCUT2D eigenvalue weighted by Crippen LogP contribution is -2.44. The molecule has 5 heteroatoms. The molecule has 1 aliphatic rings. The van der Waals surface area contributed by atoms with Gasteiger partial charge in [0.2, 0.25) is 0 Å². The maximum Gasteiger partial charge on any atom is 0.165 e. The number of aromatic nitrogens is 1. The molecule has 0 spiro atoms. The van der Waals surface area contributed by atoms with Crippen LogP contribution >= 0.6 is 0 Å². The van der Waals surface area contributed by atoms with Crippen LogP contribution in [0.1, 0.15) is 12.0 Å². The maximum absolute atomic E-state index is 13.7. The molecule has 4 nitrogen and oxygen atoms in total. The van der Waals surface area contributed by atoms with Gasteiger partial charge in [-0.05, 0) is 24.1 Å². The van der Waals surface area contributed by atoms with Crippen LogP contribution in [0.5, 0.6) is 0 Å². The second-order valence-electron chi connectivity index (χ2n) is 5.28. The van der Waals surface area contributed by atoms with Crippen molar-refractivity contribution < 1.29 is 13.9 Å². The van der Waals surface area contributed by atoms with Crippen molar-refractivity contribution in [3.05, 3.63) is 60.0 Å². The molecule has 1 aliphatic heterocycles. The van der Waals surface area contributed by atoms with Gasteiger partial charge in [-0.15, -0.1) is 0 Å². The molecule has 0 bridgehead atoms. The summed E-state index contributed by atoms with van der Waals surface area (Å²) in [5, 5.41) is 3.10. The van der Waals surface area contributed by atoms with E-state index in [1.807, 2.05) is 30.3 Å². The Kier molecular flexibility index (Phi) is 4.98. The van der Waals surface area contributed by atoms with Gasteiger partial charge in [0.25, 0.3) is 0 Å². The Morgan fingerprint density at radius 1 is 1.23 bits per heavy atom. The highest BCUT2D eigenvalue weighted by molar-refractivity contribution is 5.37. The van der Waals surface area contributed by atoms with E-state index in [-0.39, 0.29) is 23.8 Å². The molecule has 1 aromatic carbocycles. The van der Waals surface area contributed by atoms with Gasteiger partial charge in [-0.3, -0.25) is 0 Å². The van der Waals surface area contributed by atoms with Crippen molar-refractivity contribution in [2.45, 2.75) is 25.2 Å². The van der Waals surface area contributed by atoms with Gasteiger partial charge in [-0.2, -0.15) is 0 Å². The molecule has 116 valence electrons. The Labute approximate surface area is 129 Å². The smallest absolute Gasteiger partial charge is 0.165 e. The Morgan fingerprint density at radius 2 is 2.09 bits per heavy atom. The molecule has 1 aromatic heterocycles. The van der Waals surface area contributed by atoms with Crippen LogP contribution in [0.25, 0.3) is 0 Å². The van der Waals surface area contributed by atoms with Crippen LogP contribution in [0, 0.1) is 5.82 Å². The van der Waals surface area contributed by atoms with Gasteiger partial charge in [0.15, 0.2) is 11.6 Å². The summed E-state index contributed by atoms with van der Waals surface area (Å²) in [7, 11) is 0. The highest BCUT2D eigenvalue weighted by atomic mass is 19.1. The van der Waals surface area contributed by atoms with Gasteiger partial charge >= 0.3 is 0 Å². The van der Waals surface area contributed by atoms with Crippen LogP contribution in [-0.2, 0) is 16.1 Å². The second kappa shape index (κ2) is 7.33. The van der Waals surface area contributed by atoms with E-state index >= 15 is 0 Å². The van der Waals surface area contributed by atoms with Crippen molar-refractivity contribution in [3.8, 4) is 0 Å². The summed E-state index contributed by atoms with van der Waals surface area (Å²) >= 11 is 0. The van der Waals surface area contributed by atoms with Gasteiger partial charge in [0.1, 0.15) is 0 Å². The Bertz CT molecular complexity index is 594. The number of nitrogens with zero attached hydrogens (tertiary/aromatic N) is 1. The number of rotatable bonds is 5. The molecule has 1 saturated heterocycles. The summed E-state index contributed by atoms with van der Waals surface area (Å²) in [6, 6.07) is 12.9. The highest BCUT2D eigenvalue weighted by Crippen LogP contribution is 2.19. The molecule has 1 fully saturated rings. The molecular formula is C17H19FN2O2. The van der Waals surface area contributed by atoms with Gasteiger partial charge in [0, 0.05) is 12.8 Å². The minimum absolute atomic E-state index is 0.0321. The highest BCUT2D eigenvalue weighted by Gasteiger charge is 2.27. The number of pyridine rings is 1. The number of ether oxygens (including phenoxy) is 2. The first kappa shape index (κ1) is 14.9. The molecule has 0 saturated carbocycles. The average Bonchev–Trinajstić information content (AvgIpc) is 2.57. The monoisotopic (exact) mass is 302 g/mol. The fraction of sp³-hybridized carbons (Fsp3) is 0.353. The van der Waals surface area contributed by atoms with Crippen molar-refractivity contribution in [1.29, 1.82) is 0 Å². The number of anilines is 1. The average molecular weight is 302 g/mol. The summed E-state index contributed by atoms with van der Waals surface area (Å²) in [5.74, 6) is -0.124. The third-order valence-corrected chi connectivity index (χ3v) is 3.68. The summed E-state index contributed by atoms with van der Waals surface area (Å²) in [6.07, 6.45) is 2.31. The summed E-state index contributed by atoms with van der Waals surface area (Å²) in [5.41, 5.74) is 1.12. The largest absolute Gasteiger partial charge is 0.379 e. The van der Waals surface area contributed by atoms with Crippen molar-refractivity contribution in [3.63, 3.8) is 0 Å². The molecule has 0 aliphatic carbocycles. The third-order valence-electron chi connectivity index (χ3n) is 3.68. The van der Waals surface area contributed by atoms with Gasteiger partial charge in [0.05, 0.1) is 25.4 Å². The van der Waals surface area contributed by atoms with Crippen LogP contribution in [0.3, 0.4) is 0 Å². The van der Waals surface area contributed by atoms with E-state index in [0.29, 0.717) is 19.8 Å². The molecule has 0 unspecified atom stereocenters. The summed E-state index contributed by atoms with van der Waals surface area (Å²) < 4.78 is 25.2. The van der Waals surface area contributed by atoms with E-state index < -0.39 is 0 Å². The van der Waals surface area contributed by atoms with Crippen LogP contribution < -0.4 is 5.32 Å². The zero-order chi connectivity index (χ0) is 15.2. The molecule has 0 amide bonds. The number of hydrogen-bond donors (Lipinski definition) is 1. The molecule has 0 radical (unpaired) electrons. The number of hydrogen-bond acceptors (Lipinski definition) is 4. The zero-order valence-corrected chi connectivity index (χ0v) is 12.2. The first-order chi connectivity index (χ1) is 10.8. The quantitative estimate of drug-likeness (QED) is 0.922. The molecule has 2 heterocycles. The standard InChI is InChI=1S/C17H19FN2O2/c18-14-7-4-9-19-17(14)20-15-12-21-10-8-16(15)22-11-13-5-2-1-3-6-13/h1-7,9,15-16H,8,10-12H2,(H,19,20)/t15-,16+/m1/s1. The molecule has 2 aromatic rings. The van der Waals surface area contributed by atoms with Crippen LogP contribution in [0.4, 0.5) is 10.2 Å². The third kappa shape index (κ3) is 3.81. The molecule has 22 heavy (non-hydrogen) atoms. The lowest BCUT2D eigenvalue weighted by molar-refractivity contribution is -0.0479. The van der Waals surface area contributed by atoms with Crippen molar-refractivity contribution in [1.82, 2.24) is 4.98 Å². The lowest BCUT2D eigenvalue weighted by atomic mass is 10.1. The predicted molar refractivity (Wildman–Crippen MR) is 82.1 cm³/mol. The Hall–Kier alpha value is -1.98. The van der Waals surface area contributed by atoms with Crippen molar-refractivity contribution in [2.75, 3.05) is 18.5 Å².